The quantitative estimate of drug-likeness (QED) is 0.907. The number of nitrogens with one attached hydrogen (secondary N) is 1. The molecule has 0 radical (unpaired) electrons. The summed E-state index contributed by atoms with van der Waals surface area (Å²) in [4.78, 5) is 10.8. The lowest BCUT2D eigenvalue weighted by Gasteiger charge is -2.06. The maximum Gasteiger partial charge on any atom is 0.336 e. The van der Waals surface area contributed by atoms with Gasteiger partial charge in [0.15, 0.2) is 5.76 Å². The maximum absolute atomic E-state index is 10.8. The van der Waals surface area contributed by atoms with Gasteiger partial charge in [-0.15, -0.1) is 0 Å². The summed E-state index contributed by atoms with van der Waals surface area (Å²) < 4.78 is 5.60. The van der Waals surface area contributed by atoms with E-state index in [2.05, 4.69) is 26.4 Å². The summed E-state index contributed by atoms with van der Waals surface area (Å²) in [7, 11) is 0. The predicted octanol–water partition coefficient (Wildman–Crippen LogP) is 3.06. The first-order chi connectivity index (χ1) is 8.56. The minimum Gasteiger partial charge on any atom is -0.478 e. The third-order valence-electron chi connectivity index (χ3n) is 2.34. The highest BCUT2D eigenvalue weighted by atomic mass is 79.9. The lowest BCUT2D eigenvalue weighted by Crippen LogP contribution is -2.01. The molecule has 5 nitrogen and oxygen atoms in total. The Morgan fingerprint density at radius 3 is 2.83 bits per heavy atom. The Hall–Kier alpha value is -1.82. The first-order valence-electron chi connectivity index (χ1n) is 5.25. The van der Waals surface area contributed by atoms with Crippen LogP contribution in [0, 0.1) is 6.92 Å². The van der Waals surface area contributed by atoms with Crippen molar-refractivity contribution < 1.29 is 14.4 Å². The van der Waals surface area contributed by atoms with Crippen LogP contribution < -0.4 is 5.32 Å². The number of halogens is 1. The van der Waals surface area contributed by atoms with E-state index in [1.54, 1.807) is 18.2 Å². The number of carboxylic acid groups (broad SMARTS) is 1. The molecular formula is C12H11BrN2O3. The van der Waals surface area contributed by atoms with E-state index in [-0.39, 0.29) is 5.56 Å². The molecule has 94 valence electrons. The van der Waals surface area contributed by atoms with E-state index in [9.17, 15) is 4.79 Å². The summed E-state index contributed by atoms with van der Waals surface area (Å²) in [6.45, 7) is 2.35. The van der Waals surface area contributed by atoms with Gasteiger partial charge in [0.1, 0.15) is 0 Å². The Labute approximate surface area is 112 Å². The number of benzene rings is 1. The van der Waals surface area contributed by atoms with Crippen molar-refractivity contribution in [2.24, 2.45) is 0 Å². The van der Waals surface area contributed by atoms with E-state index in [0.29, 0.717) is 11.0 Å². The van der Waals surface area contributed by atoms with Gasteiger partial charge in [-0.05, 0) is 41.1 Å². The van der Waals surface area contributed by atoms with Gasteiger partial charge in [0.05, 0.1) is 17.8 Å². The maximum atomic E-state index is 10.8. The predicted molar refractivity (Wildman–Crippen MR) is 69.7 cm³/mol. The molecule has 2 aromatic rings. The van der Waals surface area contributed by atoms with Gasteiger partial charge in [0, 0.05) is 16.2 Å². The number of nitrogens with zero attached hydrogens (tertiary/aromatic N) is 1. The standard InChI is InChI=1S/C12H11BrN2O3/c1-7-4-9(18-15-7)6-14-8-2-3-10(12(16)17)11(13)5-8/h2-5,14H,6H2,1H3,(H,16,17). The lowest BCUT2D eigenvalue weighted by atomic mass is 10.2. The number of aromatic carboxylic acids is 1. The average molecular weight is 311 g/mol. The molecule has 0 atom stereocenters. The van der Waals surface area contributed by atoms with Gasteiger partial charge in [0.2, 0.25) is 0 Å². The Bertz CT molecular complexity index is 580. The second kappa shape index (κ2) is 5.22. The SMILES string of the molecule is Cc1cc(CNc2ccc(C(=O)O)c(Br)c2)on1. The zero-order chi connectivity index (χ0) is 13.1. The van der Waals surface area contributed by atoms with Crippen LogP contribution in [0.3, 0.4) is 0 Å². The van der Waals surface area contributed by atoms with Gasteiger partial charge in [-0.3, -0.25) is 0 Å². The minimum atomic E-state index is -0.959. The molecule has 1 aromatic carbocycles. The molecule has 0 fully saturated rings. The van der Waals surface area contributed by atoms with Crippen molar-refractivity contribution in [1.29, 1.82) is 0 Å². The molecule has 0 saturated heterocycles. The number of hydrogen-bond acceptors (Lipinski definition) is 4. The summed E-state index contributed by atoms with van der Waals surface area (Å²) in [5, 5.41) is 15.8. The van der Waals surface area contributed by atoms with E-state index < -0.39 is 5.97 Å². The minimum absolute atomic E-state index is 0.232. The molecule has 0 saturated carbocycles. The van der Waals surface area contributed by atoms with Gasteiger partial charge < -0.3 is 14.9 Å². The van der Waals surface area contributed by atoms with Gasteiger partial charge in [-0.1, -0.05) is 5.16 Å². The third kappa shape index (κ3) is 2.89. The normalized spacial score (nSPS) is 10.3. The van der Waals surface area contributed by atoms with Crippen molar-refractivity contribution in [2.45, 2.75) is 13.5 Å². The monoisotopic (exact) mass is 310 g/mol. The van der Waals surface area contributed by atoms with Crippen molar-refractivity contribution in [1.82, 2.24) is 5.16 Å². The molecule has 0 spiro atoms. The van der Waals surface area contributed by atoms with Crippen LogP contribution >= 0.6 is 15.9 Å². The number of carboxylic acids is 1. The molecule has 2 N–H and O–H groups in total. The molecule has 0 unspecified atom stereocenters. The zero-order valence-electron chi connectivity index (χ0n) is 9.61. The summed E-state index contributed by atoms with van der Waals surface area (Å²) in [5.74, 6) is -0.231. The fourth-order valence-electron chi connectivity index (χ4n) is 1.49. The van der Waals surface area contributed by atoms with Crippen LogP contribution in [0.1, 0.15) is 21.8 Å². The number of hydrogen-bond donors (Lipinski definition) is 2. The van der Waals surface area contributed by atoms with Gasteiger partial charge in [-0.2, -0.15) is 0 Å². The van der Waals surface area contributed by atoms with E-state index in [0.717, 1.165) is 17.1 Å². The Balaban J connectivity index is 2.06. The Morgan fingerprint density at radius 2 is 2.28 bits per heavy atom. The summed E-state index contributed by atoms with van der Waals surface area (Å²) in [6.07, 6.45) is 0. The molecule has 0 amide bonds. The van der Waals surface area contributed by atoms with Crippen molar-refractivity contribution >= 4 is 27.6 Å². The highest BCUT2D eigenvalue weighted by molar-refractivity contribution is 9.10. The first-order valence-corrected chi connectivity index (χ1v) is 6.04. The molecule has 0 bridgehead atoms. The molecule has 1 heterocycles. The highest BCUT2D eigenvalue weighted by Gasteiger charge is 2.08. The Morgan fingerprint density at radius 1 is 1.50 bits per heavy atom. The van der Waals surface area contributed by atoms with E-state index in [1.165, 1.54) is 0 Å². The topological polar surface area (TPSA) is 75.4 Å². The van der Waals surface area contributed by atoms with Crippen LogP contribution in [-0.4, -0.2) is 16.2 Å². The lowest BCUT2D eigenvalue weighted by molar-refractivity contribution is 0.0696. The number of carbonyl (C=O) groups is 1. The molecule has 18 heavy (non-hydrogen) atoms. The fourth-order valence-corrected chi connectivity index (χ4v) is 2.04. The van der Waals surface area contributed by atoms with Gasteiger partial charge in [-0.25, -0.2) is 4.79 Å². The molecule has 6 heteroatoms. The van der Waals surface area contributed by atoms with Crippen LogP contribution in [0.2, 0.25) is 0 Å². The van der Waals surface area contributed by atoms with Crippen molar-refractivity contribution in [3.8, 4) is 0 Å². The van der Waals surface area contributed by atoms with Crippen LogP contribution in [0.4, 0.5) is 5.69 Å². The van der Waals surface area contributed by atoms with Crippen molar-refractivity contribution in [2.75, 3.05) is 5.32 Å². The molecule has 0 aliphatic carbocycles. The van der Waals surface area contributed by atoms with E-state index in [4.69, 9.17) is 9.63 Å². The smallest absolute Gasteiger partial charge is 0.336 e. The second-order valence-electron chi connectivity index (χ2n) is 3.79. The van der Waals surface area contributed by atoms with Crippen LogP contribution in [0.5, 0.6) is 0 Å². The summed E-state index contributed by atoms with van der Waals surface area (Å²) >= 11 is 3.22. The van der Waals surface area contributed by atoms with Crippen molar-refractivity contribution in [3.63, 3.8) is 0 Å². The van der Waals surface area contributed by atoms with E-state index in [1.807, 2.05) is 13.0 Å². The van der Waals surface area contributed by atoms with Gasteiger partial charge in [0.25, 0.3) is 0 Å². The van der Waals surface area contributed by atoms with Crippen molar-refractivity contribution in [3.05, 3.63) is 45.8 Å². The molecule has 0 aliphatic heterocycles. The fraction of sp³-hybridized carbons (Fsp3) is 0.167. The molecule has 2 rings (SSSR count). The highest BCUT2D eigenvalue weighted by Crippen LogP contribution is 2.22. The third-order valence-corrected chi connectivity index (χ3v) is 3.00. The number of aryl methyl sites for hydroxylation is 1. The number of aromatic nitrogens is 1. The largest absolute Gasteiger partial charge is 0.478 e. The zero-order valence-corrected chi connectivity index (χ0v) is 11.2. The molecule has 0 aliphatic rings. The van der Waals surface area contributed by atoms with Crippen LogP contribution in [0.25, 0.3) is 0 Å². The van der Waals surface area contributed by atoms with Gasteiger partial charge >= 0.3 is 5.97 Å². The Kier molecular flexibility index (Phi) is 3.66. The van der Waals surface area contributed by atoms with E-state index >= 15 is 0 Å². The summed E-state index contributed by atoms with van der Waals surface area (Å²) in [6, 6.07) is 6.80. The molecule has 1 aromatic heterocycles. The molecular weight excluding hydrogens is 300 g/mol. The average Bonchev–Trinajstić information content (AvgIpc) is 2.72. The number of anilines is 1. The van der Waals surface area contributed by atoms with Crippen LogP contribution in [0.15, 0.2) is 33.3 Å². The summed E-state index contributed by atoms with van der Waals surface area (Å²) in [5.41, 5.74) is 1.87. The van der Waals surface area contributed by atoms with Crippen LogP contribution in [-0.2, 0) is 6.54 Å². The second-order valence-corrected chi connectivity index (χ2v) is 4.64. The first kappa shape index (κ1) is 12.6. The number of rotatable bonds is 4.